The number of benzene rings is 2. The Bertz CT molecular complexity index is 1180. The van der Waals surface area contributed by atoms with Crippen molar-refractivity contribution in [1.29, 1.82) is 5.26 Å². The van der Waals surface area contributed by atoms with Crippen LogP contribution < -0.4 is 10.6 Å². The van der Waals surface area contributed by atoms with E-state index >= 15 is 0 Å². The number of ketones is 1. The molecule has 8 heteroatoms. The van der Waals surface area contributed by atoms with Crippen molar-refractivity contribution in [3.8, 4) is 6.07 Å². The number of hydrogen-bond acceptors (Lipinski definition) is 5. The van der Waals surface area contributed by atoms with Crippen LogP contribution in [0.3, 0.4) is 0 Å². The Hall–Kier alpha value is -2.72. The molecule has 1 amide bonds. The van der Waals surface area contributed by atoms with Crippen LogP contribution >= 0.6 is 35.0 Å². The second-order valence-corrected chi connectivity index (χ2v) is 9.34. The summed E-state index contributed by atoms with van der Waals surface area (Å²) >= 11 is 13.3. The van der Waals surface area contributed by atoms with E-state index in [1.807, 2.05) is 12.1 Å². The maximum Gasteiger partial charge on any atom is 0.234 e. The van der Waals surface area contributed by atoms with E-state index in [-0.39, 0.29) is 17.4 Å². The minimum atomic E-state index is -0.472. The second kappa shape index (κ2) is 9.83. The van der Waals surface area contributed by atoms with Gasteiger partial charge >= 0.3 is 0 Å². The van der Waals surface area contributed by atoms with Crippen molar-refractivity contribution in [2.24, 2.45) is 0 Å². The quantitative estimate of drug-likeness (QED) is 0.561. The van der Waals surface area contributed by atoms with E-state index in [9.17, 15) is 14.9 Å². The zero-order valence-electron chi connectivity index (χ0n) is 17.0. The number of Topliss-reactive ketones (excluding diaryl/α,β-unsaturated/α-hetero) is 1. The van der Waals surface area contributed by atoms with Crippen molar-refractivity contribution in [2.45, 2.75) is 25.2 Å². The topological polar surface area (TPSA) is 82.0 Å². The van der Waals surface area contributed by atoms with E-state index in [0.29, 0.717) is 38.3 Å². The predicted molar refractivity (Wildman–Crippen MR) is 128 cm³/mol. The van der Waals surface area contributed by atoms with Gasteiger partial charge in [0.2, 0.25) is 5.91 Å². The summed E-state index contributed by atoms with van der Waals surface area (Å²) in [7, 11) is 0. The second-order valence-electron chi connectivity index (χ2n) is 7.48. The summed E-state index contributed by atoms with van der Waals surface area (Å²) < 4.78 is 0. The lowest BCUT2D eigenvalue weighted by Gasteiger charge is -2.33. The van der Waals surface area contributed by atoms with Crippen LogP contribution in [0, 0.1) is 11.3 Å². The molecule has 0 aromatic heterocycles. The van der Waals surface area contributed by atoms with Crippen LogP contribution in [0.15, 0.2) is 70.4 Å². The highest BCUT2D eigenvalue weighted by Gasteiger charge is 2.37. The smallest absolute Gasteiger partial charge is 0.234 e. The molecule has 0 spiro atoms. The van der Waals surface area contributed by atoms with Crippen LogP contribution in [0.2, 0.25) is 10.0 Å². The number of carbonyl (C=O) groups is 2. The normalized spacial score (nSPS) is 18.0. The van der Waals surface area contributed by atoms with E-state index in [1.165, 1.54) is 11.8 Å². The highest BCUT2D eigenvalue weighted by molar-refractivity contribution is 8.03. The number of anilines is 1. The molecule has 0 radical (unpaired) electrons. The molecule has 5 nitrogen and oxygen atoms in total. The average Bonchev–Trinajstić information content (AvgIpc) is 2.77. The van der Waals surface area contributed by atoms with Crippen molar-refractivity contribution in [3.05, 3.63) is 86.0 Å². The number of carbonyl (C=O) groups excluding carboxylic acids is 2. The van der Waals surface area contributed by atoms with Crippen LogP contribution in [0.25, 0.3) is 0 Å². The van der Waals surface area contributed by atoms with Crippen LogP contribution in [0.1, 0.15) is 30.7 Å². The maximum absolute atomic E-state index is 12.8. The lowest BCUT2D eigenvalue weighted by atomic mass is 9.77. The van der Waals surface area contributed by atoms with Gasteiger partial charge < -0.3 is 10.6 Å². The van der Waals surface area contributed by atoms with E-state index in [0.717, 1.165) is 24.1 Å². The SMILES string of the molecule is N#CC1=C(SCC(=O)Nc2cccc(Cl)c2)NC2=C(C(=O)CCC2)[C@@H]1c1ccc(Cl)cc1. The first-order valence-corrected chi connectivity index (χ1v) is 11.8. The average molecular weight is 484 g/mol. The molecular formula is C24H19Cl2N3O2S. The van der Waals surface area contributed by atoms with Gasteiger partial charge in [0, 0.05) is 33.4 Å². The Balaban J connectivity index is 1.61. The van der Waals surface area contributed by atoms with Crippen LogP contribution in [-0.2, 0) is 9.59 Å². The first-order valence-electron chi connectivity index (χ1n) is 10.1. The monoisotopic (exact) mass is 483 g/mol. The molecule has 1 heterocycles. The van der Waals surface area contributed by atoms with Gasteiger partial charge in [-0.15, -0.1) is 0 Å². The Morgan fingerprint density at radius 3 is 2.66 bits per heavy atom. The standard InChI is InChI=1S/C24H19Cl2N3O2S/c25-15-9-7-14(8-10-15)22-18(12-27)24(29-19-5-2-6-20(30)23(19)22)32-13-21(31)28-17-4-1-3-16(26)11-17/h1,3-4,7-11,22,29H,2,5-6,13H2,(H,28,31)/t22-/m1/s1. The first kappa shape index (κ1) is 22.5. The van der Waals surface area contributed by atoms with Gasteiger partial charge in [-0.05, 0) is 48.7 Å². The molecule has 0 unspecified atom stereocenters. The van der Waals surface area contributed by atoms with Crippen molar-refractivity contribution >= 4 is 52.3 Å². The third kappa shape index (κ3) is 4.86. The molecule has 32 heavy (non-hydrogen) atoms. The maximum atomic E-state index is 12.8. The fourth-order valence-corrected chi connectivity index (χ4v) is 5.11. The number of rotatable bonds is 5. The summed E-state index contributed by atoms with van der Waals surface area (Å²) in [5.41, 5.74) is 3.34. The van der Waals surface area contributed by atoms with Gasteiger partial charge in [0.25, 0.3) is 0 Å². The lowest BCUT2D eigenvalue weighted by molar-refractivity contribution is -0.116. The van der Waals surface area contributed by atoms with E-state index < -0.39 is 5.92 Å². The number of thioether (sulfide) groups is 1. The van der Waals surface area contributed by atoms with Crippen molar-refractivity contribution in [2.75, 3.05) is 11.1 Å². The van der Waals surface area contributed by atoms with Gasteiger partial charge in [0.1, 0.15) is 0 Å². The highest BCUT2D eigenvalue weighted by atomic mass is 35.5. The predicted octanol–water partition coefficient (Wildman–Crippen LogP) is 5.79. The Morgan fingerprint density at radius 2 is 1.94 bits per heavy atom. The Kier molecular flexibility index (Phi) is 6.90. The van der Waals surface area contributed by atoms with Gasteiger partial charge in [-0.25, -0.2) is 0 Å². The summed E-state index contributed by atoms with van der Waals surface area (Å²) in [6, 6.07) is 16.4. The largest absolute Gasteiger partial charge is 0.352 e. The molecule has 0 saturated carbocycles. The summed E-state index contributed by atoms with van der Waals surface area (Å²) in [4.78, 5) is 25.3. The lowest BCUT2D eigenvalue weighted by Crippen LogP contribution is -2.31. The van der Waals surface area contributed by atoms with Crippen LogP contribution in [-0.4, -0.2) is 17.4 Å². The molecule has 1 aliphatic heterocycles. The van der Waals surface area contributed by atoms with Gasteiger partial charge in [-0.3, -0.25) is 9.59 Å². The van der Waals surface area contributed by atoms with E-state index in [1.54, 1.807) is 36.4 Å². The molecule has 2 aromatic carbocycles. The van der Waals surface area contributed by atoms with Crippen LogP contribution in [0.4, 0.5) is 5.69 Å². The van der Waals surface area contributed by atoms with Crippen molar-refractivity contribution < 1.29 is 9.59 Å². The van der Waals surface area contributed by atoms with Gasteiger partial charge in [0.15, 0.2) is 5.78 Å². The summed E-state index contributed by atoms with van der Waals surface area (Å²) in [5, 5.41) is 17.8. The Labute approximate surface area is 200 Å². The zero-order valence-corrected chi connectivity index (χ0v) is 19.3. The summed E-state index contributed by atoms with van der Waals surface area (Å²) in [6.45, 7) is 0. The highest BCUT2D eigenvalue weighted by Crippen LogP contribution is 2.44. The molecule has 0 fully saturated rings. The Morgan fingerprint density at radius 1 is 1.16 bits per heavy atom. The van der Waals surface area contributed by atoms with Gasteiger partial charge in [0.05, 0.1) is 28.3 Å². The summed E-state index contributed by atoms with van der Waals surface area (Å²) in [5.74, 6) is -0.537. The van der Waals surface area contributed by atoms with Crippen LogP contribution in [0.5, 0.6) is 0 Å². The summed E-state index contributed by atoms with van der Waals surface area (Å²) in [6.07, 6.45) is 1.95. The number of halogens is 2. The minimum absolute atomic E-state index is 0.0502. The zero-order chi connectivity index (χ0) is 22.7. The fourth-order valence-electron chi connectivity index (χ4n) is 3.93. The number of nitriles is 1. The molecule has 0 saturated heterocycles. The molecule has 2 N–H and O–H groups in total. The number of dihydropyridines is 1. The third-order valence-electron chi connectivity index (χ3n) is 5.32. The van der Waals surface area contributed by atoms with E-state index in [2.05, 4.69) is 16.7 Å². The fraction of sp³-hybridized carbons (Fsp3) is 0.208. The third-order valence-corrected chi connectivity index (χ3v) is 6.83. The number of amides is 1. The van der Waals surface area contributed by atoms with Crippen molar-refractivity contribution in [3.63, 3.8) is 0 Å². The van der Waals surface area contributed by atoms with E-state index in [4.69, 9.17) is 23.2 Å². The molecular weight excluding hydrogens is 465 g/mol. The molecule has 1 aliphatic carbocycles. The van der Waals surface area contributed by atoms with Gasteiger partial charge in [-0.2, -0.15) is 5.26 Å². The minimum Gasteiger partial charge on any atom is -0.352 e. The molecule has 1 atom stereocenters. The van der Waals surface area contributed by atoms with Gasteiger partial charge in [-0.1, -0.05) is 53.2 Å². The molecule has 2 aliphatic rings. The number of hydrogen-bond donors (Lipinski definition) is 2. The number of nitrogens with zero attached hydrogens (tertiary/aromatic N) is 1. The molecule has 162 valence electrons. The molecule has 4 rings (SSSR count). The molecule has 0 bridgehead atoms. The molecule has 2 aromatic rings. The van der Waals surface area contributed by atoms with Crippen molar-refractivity contribution in [1.82, 2.24) is 5.32 Å². The first-order chi connectivity index (χ1) is 15.5. The number of allylic oxidation sites excluding steroid dienone is 3. The number of nitrogens with one attached hydrogen (secondary N) is 2.